The first-order valence-corrected chi connectivity index (χ1v) is 6.11. The van der Waals surface area contributed by atoms with Crippen molar-refractivity contribution in [2.24, 2.45) is 0 Å². The Hall–Kier alpha value is -2.55. The van der Waals surface area contributed by atoms with E-state index in [1.54, 1.807) is 12.1 Å². The topological polar surface area (TPSA) is 88.4 Å². The largest absolute Gasteiger partial charge is 0.482 e. The monoisotopic (exact) mass is 276 g/mol. The molecule has 0 spiro atoms. The molecule has 6 nitrogen and oxygen atoms in total. The minimum atomic E-state index is -0.622. The van der Waals surface area contributed by atoms with Crippen LogP contribution in [0.5, 0.6) is 5.75 Å². The maximum absolute atomic E-state index is 11.4. The molecule has 1 amide bonds. The predicted octanol–water partition coefficient (Wildman–Crippen LogP) is 0.947. The van der Waals surface area contributed by atoms with Gasteiger partial charge >= 0.3 is 5.97 Å². The van der Waals surface area contributed by atoms with E-state index in [4.69, 9.17) is 14.7 Å². The van der Waals surface area contributed by atoms with Gasteiger partial charge in [0, 0.05) is 6.54 Å². The van der Waals surface area contributed by atoms with Gasteiger partial charge in [-0.25, -0.2) is 4.79 Å². The van der Waals surface area contributed by atoms with E-state index in [1.807, 2.05) is 25.1 Å². The number of carbonyl (C=O) groups excluding carboxylic acids is 2. The third kappa shape index (κ3) is 5.87. The minimum Gasteiger partial charge on any atom is -0.482 e. The number of nitriles is 1. The molecular weight excluding hydrogens is 260 g/mol. The molecule has 1 N–H and O–H groups in total. The lowest BCUT2D eigenvalue weighted by molar-refractivity contribution is -0.150. The maximum Gasteiger partial charge on any atom is 0.344 e. The lowest BCUT2D eigenvalue weighted by atomic mass is 10.2. The summed E-state index contributed by atoms with van der Waals surface area (Å²) in [5.74, 6) is -0.462. The number of nitrogens with zero attached hydrogens (tertiary/aromatic N) is 1. The Morgan fingerprint density at radius 1 is 1.30 bits per heavy atom. The van der Waals surface area contributed by atoms with E-state index in [1.165, 1.54) is 0 Å². The van der Waals surface area contributed by atoms with Crippen molar-refractivity contribution in [2.75, 3.05) is 19.8 Å². The standard InChI is InChI=1S/C14H16N2O4/c1-11-5-2-3-6-12(11)19-10-14(18)20-9-13(17)16-8-4-7-15/h2-3,5-6H,4,8-10H2,1H3,(H,16,17). The highest BCUT2D eigenvalue weighted by molar-refractivity contribution is 5.80. The molecule has 6 heteroatoms. The van der Waals surface area contributed by atoms with E-state index < -0.39 is 11.9 Å². The molecule has 106 valence electrons. The quantitative estimate of drug-likeness (QED) is 0.591. The van der Waals surface area contributed by atoms with Crippen molar-refractivity contribution in [3.63, 3.8) is 0 Å². The van der Waals surface area contributed by atoms with Gasteiger partial charge in [-0.1, -0.05) is 18.2 Å². The van der Waals surface area contributed by atoms with Crippen LogP contribution in [0.25, 0.3) is 0 Å². The minimum absolute atomic E-state index is 0.218. The summed E-state index contributed by atoms with van der Waals surface area (Å²) in [6, 6.07) is 9.17. The fraction of sp³-hybridized carbons (Fsp3) is 0.357. The molecule has 1 rings (SSSR count). The van der Waals surface area contributed by atoms with Crippen LogP contribution in [0.1, 0.15) is 12.0 Å². The van der Waals surface area contributed by atoms with Gasteiger partial charge in [0.15, 0.2) is 13.2 Å². The van der Waals surface area contributed by atoms with Gasteiger partial charge in [-0.3, -0.25) is 4.79 Å². The molecule has 20 heavy (non-hydrogen) atoms. The number of para-hydroxylation sites is 1. The van der Waals surface area contributed by atoms with Crippen LogP contribution in [0.15, 0.2) is 24.3 Å². The molecule has 0 aliphatic heterocycles. The van der Waals surface area contributed by atoms with Crippen molar-refractivity contribution in [3.05, 3.63) is 29.8 Å². The van der Waals surface area contributed by atoms with Gasteiger partial charge in [0.05, 0.1) is 12.5 Å². The first-order chi connectivity index (χ1) is 9.63. The SMILES string of the molecule is Cc1ccccc1OCC(=O)OCC(=O)NCCC#N. The molecule has 0 fully saturated rings. The first-order valence-electron chi connectivity index (χ1n) is 6.11. The molecular formula is C14H16N2O4. The van der Waals surface area contributed by atoms with Crippen molar-refractivity contribution in [1.82, 2.24) is 5.32 Å². The number of esters is 1. The second-order valence-corrected chi connectivity index (χ2v) is 3.97. The number of amides is 1. The zero-order chi connectivity index (χ0) is 14.8. The highest BCUT2D eigenvalue weighted by Gasteiger charge is 2.08. The molecule has 0 aliphatic rings. The van der Waals surface area contributed by atoms with Gasteiger partial charge in [0.1, 0.15) is 5.75 Å². The van der Waals surface area contributed by atoms with Crippen LogP contribution in [-0.4, -0.2) is 31.6 Å². The van der Waals surface area contributed by atoms with Crippen molar-refractivity contribution in [1.29, 1.82) is 5.26 Å². The van der Waals surface area contributed by atoms with Crippen molar-refractivity contribution >= 4 is 11.9 Å². The third-order valence-electron chi connectivity index (χ3n) is 2.36. The maximum atomic E-state index is 11.4. The van der Waals surface area contributed by atoms with E-state index in [0.29, 0.717) is 5.75 Å². The number of hydrogen-bond acceptors (Lipinski definition) is 5. The lowest BCUT2D eigenvalue weighted by Gasteiger charge is -2.08. The van der Waals surface area contributed by atoms with Crippen LogP contribution in [0.3, 0.4) is 0 Å². The van der Waals surface area contributed by atoms with Gasteiger partial charge in [-0.15, -0.1) is 0 Å². The predicted molar refractivity (Wildman–Crippen MR) is 70.9 cm³/mol. The lowest BCUT2D eigenvalue weighted by Crippen LogP contribution is -2.30. The van der Waals surface area contributed by atoms with Gasteiger partial charge in [0.2, 0.25) is 0 Å². The Morgan fingerprint density at radius 2 is 2.05 bits per heavy atom. The number of carbonyl (C=O) groups is 2. The van der Waals surface area contributed by atoms with E-state index in [0.717, 1.165) is 5.56 Å². The molecule has 0 saturated carbocycles. The molecule has 0 saturated heterocycles. The van der Waals surface area contributed by atoms with E-state index in [9.17, 15) is 9.59 Å². The van der Waals surface area contributed by atoms with Gasteiger partial charge in [-0.05, 0) is 18.6 Å². The normalized spacial score (nSPS) is 9.40. The summed E-state index contributed by atoms with van der Waals surface area (Å²) in [7, 11) is 0. The van der Waals surface area contributed by atoms with E-state index >= 15 is 0 Å². The van der Waals surface area contributed by atoms with Crippen LogP contribution in [0, 0.1) is 18.3 Å². The first kappa shape index (κ1) is 15.5. The van der Waals surface area contributed by atoms with Gasteiger partial charge < -0.3 is 14.8 Å². The number of hydrogen-bond donors (Lipinski definition) is 1. The Labute approximate surface area is 117 Å². The summed E-state index contributed by atoms with van der Waals surface area (Å²) < 4.78 is 10.0. The third-order valence-corrected chi connectivity index (χ3v) is 2.36. The average Bonchev–Trinajstić information content (AvgIpc) is 2.44. The van der Waals surface area contributed by atoms with Crippen LogP contribution in [-0.2, 0) is 14.3 Å². The summed E-state index contributed by atoms with van der Waals surface area (Å²) in [6.45, 7) is 1.48. The number of rotatable bonds is 7. The van der Waals surface area contributed by atoms with Crippen molar-refractivity contribution in [3.8, 4) is 11.8 Å². The molecule has 0 aliphatic carbocycles. The van der Waals surface area contributed by atoms with Crippen molar-refractivity contribution < 1.29 is 19.1 Å². The second-order valence-electron chi connectivity index (χ2n) is 3.97. The fourth-order valence-electron chi connectivity index (χ4n) is 1.35. The molecule has 0 bridgehead atoms. The smallest absolute Gasteiger partial charge is 0.344 e. The summed E-state index contributed by atoms with van der Waals surface area (Å²) in [5.41, 5.74) is 0.912. The van der Waals surface area contributed by atoms with Gasteiger partial charge in [0.25, 0.3) is 5.91 Å². The Morgan fingerprint density at radius 3 is 2.75 bits per heavy atom. The van der Waals surface area contributed by atoms with Gasteiger partial charge in [-0.2, -0.15) is 5.26 Å². The Kier molecular flexibility index (Phi) is 6.62. The summed E-state index contributed by atoms with van der Waals surface area (Å²) in [5, 5.41) is 10.7. The highest BCUT2D eigenvalue weighted by atomic mass is 16.6. The molecule has 0 heterocycles. The zero-order valence-corrected chi connectivity index (χ0v) is 11.2. The van der Waals surface area contributed by atoms with E-state index in [2.05, 4.69) is 5.32 Å². The fourth-order valence-corrected chi connectivity index (χ4v) is 1.35. The molecule has 0 unspecified atom stereocenters. The number of aryl methyl sites for hydroxylation is 1. The molecule has 1 aromatic carbocycles. The van der Waals surface area contributed by atoms with Crippen molar-refractivity contribution in [2.45, 2.75) is 13.3 Å². The van der Waals surface area contributed by atoms with Crippen LogP contribution in [0.2, 0.25) is 0 Å². The van der Waals surface area contributed by atoms with Crippen LogP contribution < -0.4 is 10.1 Å². The Bertz CT molecular complexity index is 508. The van der Waals surface area contributed by atoms with E-state index in [-0.39, 0.29) is 26.2 Å². The summed E-state index contributed by atoms with van der Waals surface area (Å²) in [4.78, 5) is 22.6. The average molecular weight is 276 g/mol. The second kappa shape index (κ2) is 8.53. The summed E-state index contributed by atoms with van der Waals surface area (Å²) in [6.07, 6.45) is 0.218. The highest BCUT2D eigenvalue weighted by Crippen LogP contribution is 2.15. The molecule has 0 atom stereocenters. The Balaban J connectivity index is 2.23. The zero-order valence-electron chi connectivity index (χ0n) is 11.2. The number of benzene rings is 1. The molecule has 1 aromatic rings. The van der Waals surface area contributed by atoms with Crippen LogP contribution >= 0.6 is 0 Å². The number of ether oxygens (including phenoxy) is 2. The molecule has 0 radical (unpaired) electrons. The van der Waals surface area contributed by atoms with Crippen LogP contribution in [0.4, 0.5) is 0 Å². The summed E-state index contributed by atoms with van der Waals surface area (Å²) >= 11 is 0. The number of nitrogens with one attached hydrogen (secondary N) is 1. The molecule has 0 aromatic heterocycles.